The van der Waals surface area contributed by atoms with Crippen molar-refractivity contribution in [3.63, 3.8) is 0 Å². The molecule has 0 spiro atoms. The predicted octanol–water partition coefficient (Wildman–Crippen LogP) is 7.40. The van der Waals surface area contributed by atoms with Gasteiger partial charge in [0.25, 0.3) is 0 Å². The van der Waals surface area contributed by atoms with Crippen LogP contribution >= 0.6 is 0 Å². The molecule has 0 aliphatic rings. The Morgan fingerprint density at radius 1 is 1.09 bits per heavy atom. The van der Waals surface area contributed by atoms with E-state index in [1.165, 1.54) is 5.56 Å². The number of fused-ring (bicyclic) bond motifs is 2. The number of rotatable bonds is 6. The van der Waals surface area contributed by atoms with Crippen molar-refractivity contribution in [2.45, 2.75) is 20.8 Å². The number of nitrogens with zero attached hydrogens (tertiary/aromatic N) is 1. The van der Waals surface area contributed by atoms with E-state index < -0.39 is 0 Å². The van der Waals surface area contributed by atoms with E-state index >= 15 is 0 Å². The van der Waals surface area contributed by atoms with Crippen LogP contribution in [0.2, 0.25) is 0 Å². The van der Waals surface area contributed by atoms with Gasteiger partial charge in [0.05, 0.1) is 18.4 Å². The molecule has 5 nitrogen and oxygen atoms in total. The van der Waals surface area contributed by atoms with Gasteiger partial charge in [-0.3, -0.25) is 9.78 Å². The molecule has 0 fully saturated rings. The Hall–Kier alpha value is -4.38. The highest BCUT2D eigenvalue weighted by Crippen LogP contribution is 2.37. The van der Waals surface area contributed by atoms with Crippen LogP contribution in [0.1, 0.15) is 25.0 Å². The topological polar surface area (TPSA) is 64.4 Å². The second-order valence-corrected chi connectivity index (χ2v) is 8.52. The van der Waals surface area contributed by atoms with Crippen LogP contribution in [0, 0.1) is 6.92 Å². The van der Waals surface area contributed by atoms with Gasteiger partial charge in [-0.25, -0.2) is 0 Å². The second kappa shape index (κ2) is 9.47. The highest BCUT2D eigenvalue weighted by Gasteiger charge is 2.15. The summed E-state index contributed by atoms with van der Waals surface area (Å²) in [6.07, 6.45) is 5.13. The average Bonchev–Trinajstić information content (AvgIpc) is 3.27. The molecule has 5 heteroatoms. The maximum Gasteiger partial charge on any atom is 0.248 e. The van der Waals surface area contributed by atoms with Gasteiger partial charge in [-0.05, 0) is 62.2 Å². The number of aromatic nitrogens is 1. The number of carbonyl (C=O) groups excluding carboxylic acids is 1. The predicted molar refractivity (Wildman–Crippen MR) is 142 cm³/mol. The molecular formula is C30H26N2O3. The zero-order chi connectivity index (χ0) is 24.4. The van der Waals surface area contributed by atoms with Gasteiger partial charge in [0.15, 0.2) is 0 Å². The molecule has 5 rings (SSSR count). The lowest BCUT2D eigenvalue weighted by atomic mass is 9.98. The summed E-state index contributed by atoms with van der Waals surface area (Å²) in [5.41, 5.74) is 7.29. The number of furan rings is 1. The standard InChI is InChI=1S/C30H26N2O3/c1-4-34-28-17-29-25(26(18-35-29)21-9-7-19(2)8-10-21)16-24(28)20(3)14-30(33)32-23-11-12-27-22(15-23)6-5-13-31-27/h5-18H,4H2,1-3H3,(H,32,33)/b20-14+. The molecule has 0 atom stereocenters. The minimum Gasteiger partial charge on any atom is -0.493 e. The molecule has 2 heterocycles. The highest BCUT2D eigenvalue weighted by molar-refractivity contribution is 6.06. The normalized spacial score (nSPS) is 11.7. The van der Waals surface area contributed by atoms with Crippen molar-refractivity contribution in [2.75, 3.05) is 11.9 Å². The number of hydrogen-bond donors (Lipinski definition) is 1. The highest BCUT2D eigenvalue weighted by atomic mass is 16.5. The van der Waals surface area contributed by atoms with Crippen molar-refractivity contribution < 1.29 is 13.9 Å². The van der Waals surface area contributed by atoms with Crippen molar-refractivity contribution >= 4 is 39.0 Å². The zero-order valence-corrected chi connectivity index (χ0v) is 20.0. The number of carbonyl (C=O) groups is 1. The Morgan fingerprint density at radius 3 is 2.71 bits per heavy atom. The van der Waals surface area contributed by atoms with Crippen LogP contribution in [0.4, 0.5) is 5.69 Å². The van der Waals surface area contributed by atoms with Crippen LogP contribution in [0.25, 0.3) is 38.6 Å². The van der Waals surface area contributed by atoms with Crippen LogP contribution in [-0.4, -0.2) is 17.5 Å². The van der Waals surface area contributed by atoms with Gasteiger partial charge in [0.2, 0.25) is 5.91 Å². The number of amides is 1. The largest absolute Gasteiger partial charge is 0.493 e. The van der Waals surface area contributed by atoms with E-state index in [0.717, 1.165) is 49.8 Å². The summed E-state index contributed by atoms with van der Waals surface area (Å²) in [4.78, 5) is 17.2. The molecule has 35 heavy (non-hydrogen) atoms. The van der Waals surface area contributed by atoms with E-state index in [1.54, 1.807) is 18.5 Å². The van der Waals surface area contributed by atoms with Gasteiger partial charge in [-0.2, -0.15) is 0 Å². The number of hydrogen-bond acceptors (Lipinski definition) is 4. The van der Waals surface area contributed by atoms with Crippen molar-refractivity contribution in [3.05, 3.63) is 96.4 Å². The molecule has 5 aromatic rings. The summed E-state index contributed by atoms with van der Waals surface area (Å²) in [5, 5.41) is 4.90. The molecule has 0 saturated carbocycles. The van der Waals surface area contributed by atoms with Gasteiger partial charge >= 0.3 is 0 Å². The minimum absolute atomic E-state index is 0.209. The van der Waals surface area contributed by atoms with E-state index in [0.29, 0.717) is 12.4 Å². The molecule has 3 aromatic carbocycles. The maximum absolute atomic E-state index is 12.9. The summed E-state index contributed by atoms with van der Waals surface area (Å²) in [6.45, 7) is 6.43. The Balaban J connectivity index is 1.49. The fourth-order valence-electron chi connectivity index (χ4n) is 4.20. The quantitative estimate of drug-likeness (QED) is 0.267. The van der Waals surface area contributed by atoms with Crippen LogP contribution in [0.5, 0.6) is 5.75 Å². The van der Waals surface area contributed by atoms with Crippen molar-refractivity contribution in [1.82, 2.24) is 4.98 Å². The Kier molecular flexibility index (Phi) is 6.06. The Bertz CT molecular complexity index is 1560. The molecule has 1 amide bonds. The summed E-state index contributed by atoms with van der Waals surface area (Å²) < 4.78 is 11.8. The number of aryl methyl sites for hydroxylation is 1. The summed E-state index contributed by atoms with van der Waals surface area (Å²) >= 11 is 0. The second-order valence-electron chi connectivity index (χ2n) is 8.52. The molecule has 0 saturated heterocycles. The first-order chi connectivity index (χ1) is 17.0. The lowest BCUT2D eigenvalue weighted by molar-refractivity contribution is -0.111. The summed E-state index contributed by atoms with van der Waals surface area (Å²) in [7, 11) is 0. The van der Waals surface area contributed by atoms with Crippen molar-refractivity contribution in [1.29, 1.82) is 0 Å². The summed E-state index contributed by atoms with van der Waals surface area (Å²) in [5.74, 6) is 0.474. The SMILES string of the molecule is CCOc1cc2occ(-c3ccc(C)cc3)c2cc1/C(C)=C/C(=O)Nc1ccc2ncccc2c1. The van der Waals surface area contributed by atoms with Gasteiger partial charge < -0.3 is 14.5 Å². The first kappa shape index (κ1) is 22.4. The van der Waals surface area contributed by atoms with Gasteiger partial charge in [0, 0.05) is 45.9 Å². The van der Waals surface area contributed by atoms with Crippen LogP contribution in [0.3, 0.4) is 0 Å². The number of allylic oxidation sites excluding steroid dienone is 1. The van der Waals surface area contributed by atoms with E-state index in [-0.39, 0.29) is 5.91 Å². The summed E-state index contributed by atoms with van der Waals surface area (Å²) in [6, 6.07) is 21.8. The van der Waals surface area contributed by atoms with Gasteiger partial charge in [-0.1, -0.05) is 35.9 Å². The van der Waals surface area contributed by atoms with Crippen molar-refractivity contribution in [2.24, 2.45) is 0 Å². The molecule has 0 unspecified atom stereocenters. The monoisotopic (exact) mass is 462 g/mol. The molecule has 1 N–H and O–H groups in total. The third kappa shape index (κ3) is 4.66. The van der Waals surface area contributed by atoms with Crippen LogP contribution < -0.4 is 10.1 Å². The Morgan fingerprint density at radius 2 is 1.91 bits per heavy atom. The fourth-order valence-corrected chi connectivity index (χ4v) is 4.20. The number of nitrogens with one attached hydrogen (secondary N) is 1. The van der Waals surface area contributed by atoms with E-state index in [1.807, 2.05) is 56.3 Å². The maximum atomic E-state index is 12.9. The number of anilines is 1. The molecule has 174 valence electrons. The number of benzene rings is 3. The fraction of sp³-hybridized carbons (Fsp3) is 0.133. The smallest absolute Gasteiger partial charge is 0.248 e. The molecular weight excluding hydrogens is 436 g/mol. The molecule has 0 aliphatic heterocycles. The van der Waals surface area contributed by atoms with E-state index in [9.17, 15) is 4.79 Å². The molecule has 2 aromatic heterocycles. The van der Waals surface area contributed by atoms with E-state index in [2.05, 4.69) is 41.5 Å². The molecule has 0 bridgehead atoms. The first-order valence-electron chi connectivity index (χ1n) is 11.6. The molecule has 0 aliphatic carbocycles. The first-order valence-corrected chi connectivity index (χ1v) is 11.6. The number of ether oxygens (including phenoxy) is 1. The lowest BCUT2D eigenvalue weighted by Crippen LogP contribution is -2.08. The average molecular weight is 463 g/mol. The van der Waals surface area contributed by atoms with E-state index in [4.69, 9.17) is 9.15 Å². The van der Waals surface area contributed by atoms with Crippen LogP contribution in [-0.2, 0) is 4.79 Å². The third-order valence-electron chi connectivity index (χ3n) is 5.98. The third-order valence-corrected chi connectivity index (χ3v) is 5.98. The Labute approximate surface area is 204 Å². The van der Waals surface area contributed by atoms with Crippen molar-refractivity contribution in [3.8, 4) is 16.9 Å². The lowest BCUT2D eigenvalue weighted by Gasteiger charge is -2.12. The van der Waals surface area contributed by atoms with Gasteiger partial charge in [-0.15, -0.1) is 0 Å². The molecule has 0 radical (unpaired) electrons. The zero-order valence-electron chi connectivity index (χ0n) is 20.0. The van der Waals surface area contributed by atoms with Gasteiger partial charge in [0.1, 0.15) is 11.3 Å². The van der Waals surface area contributed by atoms with Crippen LogP contribution in [0.15, 0.2) is 89.7 Å². The minimum atomic E-state index is -0.209. The number of pyridine rings is 1.